The first-order valence-electron chi connectivity index (χ1n) is 6.48. The number of nitrogen functional groups attached to an aromatic ring is 1. The second-order valence-corrected chi connectivity index (χ2v) is 5.28. The van der Waals surface area contributed by atoms with Gasteiger partial charge in [0.05, 0.1) is 5.69 Å². The summed E-state index contributed by atoms with van der Waals surface area (Å²) in [6.45, 7) is 3.90. The van der Waals surface area contributed by atoms with Gasteiger partial charge in [0.1, 0.15) is 0 Å². The highest BCUT2D eigenvalue weighted by molar-refractivity contribution is 6.31. The molecule has 0 atom stereocenters. The molecule has 0 radical (unpaired) electrons. The summed E-state index contributed by atoms with van der Waals surface area (Å²) in [4.78, 5) is 0. The van der Waals surface area contributed by atoms with Crippen molar-refractivity contribution in [3.63, 3.8) is 0 Å². The average molecular weight is 300 g/mol. The molecule has 1 heterocycles. The van der Waals surface area contributed by atoms with Gasteiger partial charge in [0, 0.05) is 16.3 Å². The molecule has 3 rings (SSSR count). The number of hydrogen-bond acceptors (Lipinski definition) is 4. The lowest BCUT2D eigenvalue weighted by Crippen LogP contribution is -2.03. The number of tetrazole rings is 1. The van der Waals surface area contributed by atoms with Crippen molar-refractivity contribution in [3.8, 4) is 17.1 Å². The van der Waals surface area contributed by atoms with E-state index in [-0.39, 0.29) is 0 Å². The minimum absolute atomic E-state index is 0.632. The number of hydrogen-bond donors (Lipinski definition) is 1. The molecule has 2 aromatic carbocycles. The molecule has 0 aliphatic carbocycles. The molecule has 0 saturated heterocycles. The SMILES string of the molecule is Cc1ccc(-c2nnnn2-c2cccc(Cl)c2C)cc1N. The summed E-state index contributed by atoms with van der Waals surface area (Å²) in [6, 6.07) is 11.4. The van der Waals surface area contributed by atoms with E-state index in [1.165, 1.54) is 0 Å². The van der Waals surface area contributed by atoms with E-state index >= 15 is 0 Å². The van der Waals surface area contributed by atoms with Crippen molar-refractivity contribution in [3.05, 3.63) is 52.5 Å². The first-order chi connectivity index (χ1) is 10.1. The Morgan fingerprint density at radius 3 is 2.71 bits per heavy atom. The van der Waals surface area contributed by atoms with Crippen LogP contribution in [0.5, 0.6) is 0 Å². The van der Waals surface area contributed by atoms with Crippen LogP contribution in [-0.2, 0) is 0 Å². The van der Waals surface area contributed by atoms with Crippen LogP contribution < -0.4 is 5.73 Å². The molecule has 106 valence electrons. The van der Waals surface area contributed by atoms with Crippen molar-refractivity contribution >= 4 is 17.3 Å². The maximum Gasteiger partial charge on any atom is 0.187 e. The number of nitrogens with two attached hydrogens (primary N) is 1. The van der Waals surface area contributed by atoms with Gasteiger partial charge in [-0.05, 0) is 53.6 Å². The fourth-order valence-electron chi connectivity index (χ4n) is 2.13. The van der Waals surface area contributed by atoms with Crippen molar-refractivity contribution in [2.45, 2.75) is 13.8 Å². The van der Waals surface area contributed by atoms with Crippen molar-refractivity contribution < 1.29 is 0 Å². The van der Waals surface area contributed by atoms with Gasteiger partial charge in [0.25, 0.3) is 0 Å². The van der Waals surface area contributed by atoms with E-state index in [2.05, 4.69) is 15.5 Å². The normalized spacial score (nSPS) is 10.8. The predicted molar refractivity (Wildman–Crippen MR) is 83.5 cm³/mol. The fourth-order valence-corrected chi connectivity index (χ4v) is 2.30. The third-order valence-corrected chi connectivity index (χ3v) is 3.88. The van der Waals surface area contributed by atoms with Crippen LogP contribution in [0.1, 0.15) is 11.1 Å². The Morgan fingerprint density at radius 1 is 1.14 bits per heavy atom. The average Bonchev–Trinajstić information content (AvgIpc) is 2.94. The summed E-state index contributed by atoms with van der Waals surface area (Å²) in [7, 11) is 0. The Balaban J connectivity index is 2.17. The molecule has 0 bridgehead atoms. The number of anilines is 1. The van der Waals surface area contributed by atoms with E-state index in [0.717, 1.165) is 22.4 Å². The number of aryl methyl sites for hydroxylation is 1. The van der Waals surface area contributed by atoms with Gasteiger partial charge in [-0.3, -0.25) is 0 Å². The molecule has 0 aliphatic heterocycles. The summed E-state index contributed by atoms with van der Waals surface area (Å²) in [5.41, 5.74) is 10.3. The molecule has 0 aliphatic rings. The Labute approximate surface area is 127 Å². The van der Waals surface area contributed by atoms with Gasteiger partial charge in [-0.2, -0.15) is 4.68 Å². The van der Waals surface area contributed by atoms with Gasteiger partial charge in [-0.1, -0.05) is 29.8 Å². The molecule has 0 spiro atoms. The molecule has 6 heteroatoms. The number of rotatable bonds is 2. The minimum atomic E-state index is 0.632. The van der Waals surface area contributed by atoms with E-state index in [1.807, 2.05) is 50.2 Å². The Morgan fingerprint density at radius 2 is 1.95 bits per heavy atom. The van der Waals surface area contributed by atoms with Crippen LogP contribution in [0.15, 0.2) is 36.4 Å². The van der Waals surface area contributed by atoms with Crippen molar-refractivity contribution in [1.82, 2.24) is 20.2 Å². The largest absolute Gasteiger partial charge is 0.398 e. The van der Waals surface area contributed by atoms with E-state index in [1.54, 1.807) is 4.68 Å². The number of aromatic nitrogens is 4. The minimum Gasteiger partial charge on any atom is -0.398 e. The maximum absolute atomic E-state index is 6.17. The van der Waals surface area contributed by atoms with Crippen LogP contribution in [0.25, 0.3) is 17.1 Å². The number of benzene rings is 2. The van der Waals surface area contributed by atoms with E-state index < -0.39 is 0 Å². The van der Waals surface area contributed by atoms with Crippen LogP contribution in [0.2, 0.25) is 5.02 Å². The molecule has 2 N–H and O–H groups in total. The van der Waals surface area contributed by atoms with Gasteiger partial charge in [-0.15, -0.1) is 5.10 Å². The molecular weight excluding hydrogens is 286 g/mol. The van der Waals surface area contributed by atoms with Gasteiger partial charge in [0.15, 0.2) is 5.82 Å². The standard InChI is InChI=1S/C15H14ClN5/c1-9-6-7-11(8-13(9)17)15-18-19-20-21(15)14-5-3-4-12(16)10(14)2/h3-8H,17H2,1-2H3. The fraction of sp³-hybridized carbons (Fsp3) is 0.133. The van der Waals surface area contributed by atoms with Crippen LogP contribution >= 0.6 is 11.6 Å². The van der Waals surface area contributed by atoms with Gasteiger partial charge >= 0.3 is 0 Å². The monoisotopic (exact) mass is 299 g/mol. The van der Waals surface area contributed by atoms with Crippen molar-refractivity contribution in [2.75, 3.05) is 5.73 Å². The third-order valence-electron chi connectivity index (χ3n) is 3.47. The lowest BCUT2D eigenvalue weighted by Gasteiger charge is -2.09. The van der Waals surface area contributed by atoms with E-state index in [9.17, 15) is 0 Å². The second-order valence-electron chi connectivity index (χ2n) is 4.87. The summed E-state index contributed by atoms with van der Waals surface area (Å²) < 4.78 is 1.67. The lowest BCUT2D eigenvalue weighted by atomic mass is 10.1. The number of nitrogens with zero attached hydrogens (tertiary/aromatic N) is 4. The molecule has 21 heavy (non-hydrogen) atoms. The predicted octanol–water partition coefficient (Wildman–Crippen LogP) is 3.18. The zero-order chi connectivity index (χ0) is 15.0. The second kappa shape index (κ2) is 5.18. The quantitative estimate of drug-likeness (QED) is 0.738. The van der Waals surface area contributed by atoms with E-state index in [4.69, 9.17) is 17.3 Å². The Hall–Kier alpha value is -2.40. The molecule has 0 fully saturated rings. The maximum atomic E-state index is 6.17. The van der Waals surface area contributed by atoms with E-state index in [0.29, 0.717) is 16.5 Å². The molecule has 0 unspecified atom stereocenters. The molecule has 0 amide bonds. The first-order valence-corrected chi connectivity index (χ1v) is 6.86. The first kappa shape index (κ1) is 13.6. The molecule has 3 aromatic rings. The highest BCUT2D eigenvalue weighted by Crippen LogP contribution is 2.27. The summed E-state index contributed by atoms with van der Waals surface area (Å²) in [6.07, 6.45) is 0. The topological polar surface area (TPSA) is 69.6 Å². The Kier molecular flexibility index (Phi) is 3.35. The Bertz CT molecular complexity index is 810. The van der Waals surface area contributed by atoms with Crippen LogP contribution in [0, 0.1) is 13.8 Å². The van der Waals surface area contributed by atoms with Gasteiger partial charge in [0.2, 0.25) is 0 Å². The molecule has 1 aromatic heterocycles. The van der Waals surface area contributed by atoms with Crippen molar-refractivity contribution in [2.24, 2.45) is 0 Å². The molecule has 5 nitrogen and oxygen atoms in total. The van der Waals surface area contributed by atoms with Crippen LogP contribution in [0.3, 0.4) is 0 Å². The molecule has 0 saturated carbocycles. The third kappa shape index (κ3) is 2.36. The highest BCUT2D eigenvalue weighted by atomic mass is 35.5. The summed E-state index contributed by atoms with van der Waals surface area (Å²) in [5, 5.41) is 12.6. The zero-order valence-corrected chi connectivity index (χ0v) is 12.5. The van der Waals surface area contributed by atoms with Gasteiger partial charge in [-0.25, -0.2) is 0 Å². The lowest BCUT2D eigenvalue weighted by molar-refractivity contribution is 0.787. The number of halogens is 1. The summed E-state index contributed by atoms with van der Waals surface area (Å²) >= 11 is 6.17. The van der Waals surface area contributed by atoms with Gasteiger partial charge < -0.3 is 5.73 Å². The van der Waals surface area contributed by atoms with Crippen LogP contribution in [-0.4, -0.2) is 20.2 Å². The zero-order valence-electron chi connectivity index (χ0n) is 11.7. The molecular formula is C15H14ClN5. The summed E-state index contributed by atoms with van der Waals surface area (Å²) in [5.74, 6) is 0.632. The smallest absolute Gasteiger partial charge is 0.187 e. The highest BCUT2D eigenvalue weighted by Gasteiger charge is 2.14. The van der Waals surface area contributed by atoms with Crippen LogP contribution in [0.4, 0.5) is 5.69 Å². The van der Waals surface area contributed by atoms with Crippen molar-refractivity contribution in [1.29, 1.82) is 0 Å².